The first kappa shape index (κ1) is 13.8. The van der Waals surface area contributed by atoms with Gasteiger partial charge >= 0.3 is 6.09 Å². The molecule has 1 rings (SSSR count). The van der Waals surface area contributed by atoms with Crippen LogP contribution in [0.2, 0.25) is 0 Å². The molecule has 6 heteroatoms. The lowest BCUT2D eigenvalue weighted by atomic mass is 10.0. The van der Waals surface area contributed by atoms with Crippen LogP contribution >= 0.6 is 0 Å². The van der Waals surface area contributed by atoms with Gasteiger partial charge in [-0.15, -0.1) is 0 Å². The lowest BCUT2D eigenvalue weighted by Gasteiger charge is -2.35. The molecule has 1 aliphatic heterocycles. The number of piperidine rings is 1. The van der Waals surface area contributed by atoms with E-state index in [-0.39, 0.29) is 18.0 Å². The van der Waals surface area contributed by atoms with Crippen molar-refractivity contribution in [2.45, 2.75) is 38.8 Å². The summed E-state index contributed by atoms with van der Waals surface area (Å²) >= 11 is 0. The van der Waals surface area contributed by atoms with Crippen LogP contribution in [-0.4, -0.2) is 48.7 Å². The van der Waals surface area contributed by atoms with Crippen LogP contribution in [-0.2, 0) is 9.53 Å². The zero-order valence-corrected chi connectivity index (χ0v) is 10.4. The maximum Gasteiger partial charge on any atom is 0.407 e. The molecule has 6 nitrogen and oxygen atoms in total. The van der Waals surface area contributed by atoms with Crippen molar-refractivity contribution < 1.29 is 14.3 Å². The number of hydrogen-bond acceptors (Lipinski definition) is 4. The average Bonchev–Trinajstić information content (AvgIpc) is 2.28. The molecule has 0 aromatic heterocycles. The second kappa shape index (κ2) is 6.44. The number of carbonyl (C=O) groups is 2. The van der Waals surface area contributed by atoms with Crippen LogP contribution in [0.4, 0.5) is 4.79 Å². The van der Waals surface area contributed by atoms with Gasteiger partial charge in [-0.05, 0) is 33.2 Å². The minimum atomic E-state index is -0.397. The molecule has 3 N–H and O–H groups in total. The SMILES string of the molecule is CCOC(=O)N[C@@H]1CCCN([C@H](C)C(N)=O)C1. The zero-order valence-electron chi connectivity index (χ0n) is 10.4. The molecule has 0 aromatic carbocycles. The third-order valence-electron chi connectivity index (χ3n) is 3.01. The Morgan fingerprint density at radius 1 is 1.59 bits per heavy atom. The summed E-state index contributed by atoms with van der Waals surface area (Å²) < 4.78 is 4.83. The van der Waals surface area contributed by atoms with Crippen molar-refractivity contribution in [3.8, 4) is 0 Å². The number of rotatable bonds is 4. The molecule has 2 atom stereocenters. The van der Waals surface area contributed by atoms with Gasteiger partial charge in [-0.2, -0.15) is 0 Å². The fraction of sp³-hybridized carbons (Fsp3) is 0.818. The predicted molar refractivity (Wildman–Crippen MR) is 63.4 cm³/mol. The highest BCUT2D eigenvalue weighted by Gasteiger charge is 2.27. The molecule has 0 aliphatic carbocycles. The van der Waals surface area contributed by atoms with Gasteiger partial charge in [-0.25, -0.2) is 4.79 Å². The van der Waals surface area contributed by atoms with Crippen LogP contribution in [0.1, 0.15) is 26.7 Å². The number of ether oxygens (including phenoxy) is 1. The van der Waals surface area contributed by atoms with Crippen LogP contribution in [0, 0.1) is 0 Å². The Hall–Kier alpha value is -1.30. The molecule has 1 fully saturated rings. The normalized spacial score (nSPS) is 22.8. The number of nitrogens with one attached hydrogen (secondary N) is 1. The monoisotopic (exact) mass is 243 g/mol. The summed E-state index contributed by atoms with van der Waals surface area (Å²) in [5.74, 6) is -0.332. The molecule has 0 unspecified atom stereocenters. The molecule has 1 aliphatic rings. The standard InChI is InChI=1S/C11H21N3O3/c1-3-17-11(16)13-9-5-4-6-14(7-9)8(2)10(12)15/h8-9H,3-7H2,1-2H3,(H2,12,15)(H,13,16)/t8-,9-/m1/s1. The summed E-state index contributed by atoms with van der Waals surface area (Å²) in [5.41, 5.74) is 5.27. The van der Waals surface area contributed by atoms with Crippen LogP contribution < -0.4 is 11.1 Å². The Morgan fingerprint density at radius 3 is 2.88 bits per heavy atom. The van der Waals surface area contributed by atoms with E-state index >= 15 is 0 Å². The van der Waals surface area contributed by atoms with E-state index in [4.69, 9.17) is 10.5 Å². The van der Waals surface area contributed by atoms with Gasteiger partial charge in [0.15, 0.2) is 0 Å². The molecule has 0 bridgehead atoms. The topological polar surface area (TPSA) is 84.7 Å². The number of likely N-dealkylation sites (tertiary alicyclic amines) is 1. The van der Waals surface area contributed by atoms with E-state index in [0.29, 0.717) is 13.2 Å². The fourth-order valence-corrected chi connectivity index (χ4v) is 2.00. The number of amides is 2. The second-order valence-corrected chi connectivity index (χ2v) is 4.28. The summed E-state index contributed by atoms with van der Waals surface area (Å²) in [6, 6.07) is -0.258. The number of alkyl carbamates (subject to hydrolysis) is 1. The van der Waals surface area contributed by atoms with Gasteiger partial charge in [0.1, 0.15) is 0 Å². The maximum atomic E-state index is 11.3. The molecule has 1 saturated heterocycles. The van der Waals surface area contributed by atoms with Gasteiger partial charge in [0.25, 0.3) is 0 Å². The van der Waals surface area contributed by atoms with Crippen molar-refractivity contribution in [2.24, 2.45) is 5.73 Å². The average molecular weight is 243 g/mol. The highest BCUT2D eigenvalue weighted by atomic mass is 16.5. The molecular weight excluding hydrogens is 222 g/mol. The predicted octanol–water partition coefficient (Wildman–Crippen LogP) is 0.0707. The summed E-state index contributed by atoms with van der Waals surface area (Å²) in [7, 11) is 0. The van der Waals surface area contributed by atoms with E-state index in [1.807, 2.05) is 4.90 Å². The maximum absolute atomic E-state index is 11.3. The quantitative estimate of drug-likeness (QED) is 0.732. The fourth-order valence-electron chi connectivity index (χ4n) is 2.00. The van der Waals surface area contributed by atoms with E-state index in [9.17, 15) is 9.59 Å². The first-order valence-electron chi connectivity index (χ1n) is 6.01. The highest BCUT2D eigenvalue weighted by Crippen LogP contribution is 2.13. The largest absolute Gasteiger partial charge is 0.450 e. The highest BCUT2D eigenvalue weighted by molar-refractivity contribution is 5.79. The van der Waals surface area contributed by atoms with Crippen LogP contribution in [0.15, 0.2) is 0 Å². The van der Waals surface area contributed by atoms with Gasteiger partial charge in [-0.1, -0.05) is 0 Å². The molecule has 0 spiro atoms. The molecule has 0 radical (unpaired) electrons. The first-order chi connectivity index (χ1) is 8.04. The number of nitrogens with two attached hydrogens (primary N) is 1. The van der Waals surface area contributed by atoms with E-state index in [2.05, 4.69) is 5.32 Å². The minimum absolute atomic E-state index is 0.0320. The van der Waals surface area contributed by atoms with Crippen LogP contribution in [0.25, 0.3) is 0 Å². The summed E-state index contributed by atoms with van der Waals surface area (Å²) in [5, 5.41) is 2.79. The lowest BCUT2D eigenvalue weighted by Crippen LogP contribution is -2.53. The van der Waals surface area contributed by atoms with Gasteiger partial charge in [0.2, 0.25) is 5.91 Å². The molecule has 98 valence electrons. The molecular formula is C11H21N3O3. The molecule has 0 aromatic rings. The number of carbonyl (C=O) groups excluding carboxylic acids is 2. The van der Waals surface area contributed by atoms with Crippen LogP contribution in [0.5, 0.6) is 0 Å². The van der Waals surface area contributed by atoms with Crippen molar-refractivity contribution in [1.29, 1.82) is 0 Å². The van der Waals surface area contributed by atoms with Crippen molar-refractivity contribution >= 4 is 12.0 Å². The first-order valence-corrected chi connectivity index (χ1v) is 6.01. The van der Waals surface area contributed by atoms with Crippen molar-refractivity contribution in [1.82, 2.24) is 10.2 Å². The third-order valence-corrected chi connectivity index (χ3v) is 3.01. The molecule has 2 amide bonds. The van der Waals surface area contributed by atoms with E-state index in [1.54, 1.807) is 13.8 Å². The van der Waals surface area contributed by atoms with Gasteiger partial charge in [0, 0.05) is 12.6 Å². The lowest BCUT2D eigenvalue weighted by molar-refractivity contribution is -0.123. The Bertz CT molecular complexity index is 283. The molecule has 0 saturated carbocycles. The number of nitrogens with zero attached hydrogens (tertiary/aromatic N) is 1. The van der Waals surface area contributed by atoms with Crippen LogP contribution in [0.3, 0.4) is 0 Å². The van der Waals surface area contributed by atoms with Gasteiger partial charge in [0.05, 0.1) is 12.6 Å². The smallest absolute Gasteiger partial charge is 0.407 e. The van der Waals surface area contributed by atoms with E-state index < -0.39 is 6.09 Å². The Labute approximate surface area is 101 Å². The van der Waals surface area contributed by atoms with Gasteiger partial charge in [-0.3, -0.25) is 9.69 Å². The second-order valence-electron chi connectivity index (χ2n) is 4.28. The summed E-state index contributed by atoms with van der Waals surface area (Å²) in [6.45, 7) is 5.39. The summed E-state index contributed by atoms with van der Waals surface area (Å²) in [6.07, 6.45) is 1.45. The van der Waals surface area contributed by atoms with Gasteiger partial charge < -0.3 is 15.8 Å². The third kappa shape index (κ3) is 4.22. The van der Waals surface area contributed by atoms with Crippen molar-refractivity contribution in [3.63, 3.8) is 0 Å². The summed E-state index contributed by atoms with van der Waals surface area (Å²) in [4.78, 5) is 24.4. The Balaban J connectivity index is 2.43. The van der Waals surface area contributed by atoms with E-state index in [0.717, 1.165) is 19.4 Å². The van der Waals surface area contributed by atoms with E-state index in [1.165, 1.54) is 0 Å². The Morgan fingerprint density at radius 2 is 2.29 bits per heavy atom. The Kier molecular flexibility index (Phi) is 5.21. The molecule has 1 heterocycles. The number of hydrogen-bond donors (Lipinski definition) is 2. The van der Waals surface area contributed by atoms with Crippen molar-refractivity contribution in [3.05, 3.63) is 0 Å². The molecule has 17 heavy (non-hydrogen) atoms. The number of primary amides is 1. The minimum Gasteiger partial charge on any atom is -0.450 e. The van der Waals surface area contributed by atoms with Crippen molar-refractivity contribution in [2.75, 3.05) is 19.7 Å². The zero-order chi connectivity index (χ0) is 12.8.